The molecule has 0 bridgehead atoms. The lowest BCUT2D eigenvalue weighted by Gasteiger charge is -2.30. The van der Waals surface area contributed by atoms with Crippen molar-refractivity contribution in [3.63, 3.8) is 0 Å². The average Bonchev–Trinajstić information content (AvgIpc) is 3.60. The number of para-hydroxylation sites is 1. The molecule has 9 aromatic rings. The number of nitrogens with zero attached hydrogens (tertiary/aromatic N) is 1. The molecule has 1 aromatic heterocycles. The molecule has 0 atom stereocenters. The van der Waals surface area contributed by atoms with E-state index in [1.54, 1.807) is 0 Å². The summed E-state index contributed by atoms with van der Waals surface area (Å²) in [4.78, 5) is 2.50. The van der Waals surface area contributed by atoms with Crippen LogP contribution in [0.2, 0.25) is 0 Å². The summed E-state index contributed by atoms with van der Waals surface area (Å²) in [6.45, 7) is 4.71. The Labute approximate surface area is 273 Å². The Bertz CT molecular complexity index is 2730. The van der Waals surface area contributed by atoms with Crippen molar-refractivity contribution >= 4 is 71.3 Å². The maximum absolute atomic E-state index is 6.30. The van der Waals surface area contributed by atoms with Crippen LogP contribution in [0.25, 0.3) is 65.4 Å². The molecule has 1 aliphatic rings. The third-order valence-electron chi connectivity index (χ3n) is 10.4. The highest BCUT2D eigenvalue weighted by Gasteiger charge is 2.38. The molecule has 0 unspecified atom stereocenters. The zero-order chi connectivity index (χ0) is 31.3. The van der Waals surface area contributed by atoms with Gasteiger partial charge in [0.05, 0.1) is 11.4 Å². The summed E-state index contributed by atoms with van der Waals surface area (Å²) < 4.78 is 6.30. The van der Waals surface area contributed by atoms with Crippen molar-refractivity contribution in [1.29, 1.82) is 0 Å². The molecule has 0 saturated heterocycles. The lowest BCUT2D eigenvalue weighted by atomic mass is 9.82. The van der Waals surface area contributed by atoms with Gasteiger partial charge in [0.15, 0.2) is 0 Å². The fraction of sp³-hybridized carbons (Fsp3) is 0.0667. The van der Waals surface area contributed by atoms with Gasteiger partial charge in [-0.25, -0.2) is 0 Å². The second-order valence-corrected chi connectivity index (χ2v) is 13.3. The second-order valence-electron chi connectivity index (χ2n) is 13.3. The van der Waals surface area contributed by atoms with Crippen LogP contribution in [0.3, 0.4) is 0 Å². The summed E-state index contributed by atoms with van der Waals surface area (Å²) in [7, 11) is 0. The smallest absolute Gasteiger partial charge is 0.135 e. The summed E-state index contributed by atoms with van der Waals surface area (Å²) in [5.74, 6) is 0. The van der Waals surface area contributed by atoms with Gasteiger partial charge in [-0.2, -0.15) is 0 Å². The predicted octanol–water partition coefficient (Wildman–Crippen LogP) is 12.8. The lowest BCUT2D eigenvalue weighted by molar-refractivity contribution is 0.660. The monoisotopic (exact) mass is 601 g/mol. The zero-order valence-corrected chi connectivity index (χ0v) is 26.3. The van der Waals surface area contributed by atoms with Crippen LogP contribution in [0.15, 0.2) is 156 Å². The van der Waals surface area contributed by atoms with Crippen LogP contribution >= 0.6 is 0 Å². The van der Waals surface area contributed by atoms with Gasteiger partial charge in [-0.05, 0) is 80.0 Å². The van der Waals surface area contributed by atoms with Gasteiger partial charge in [-0.3, -0.25) is 0 Å². The Morgan fingerprint density at radius 3 is 2.04 bits per heavy atom. The van der Waals surface area contributed by atoms with Gasteiger partial charge in [0, 0.05) is 32.8 Å². The molecule has 2 heteroatoms. The van der Waals surface area contributed by atoms with Gasteiger partial charge in [-0.1, -0.05) is 129 Å². The van der Waals surface area contributed by atoms with E-state index in [1.165, 1.54) is 60.3 Å². The first kappa shape index (κ1) is 26.4. The molecule has 8 aromatic carbocycles. The minimum Gasteiger partial charge on any atom is -0.456 e. The van der Waals surface area contributed by atoms with Crippen molar-refractivity contribution in [2.45, 2.75) is 19.3 Å². The van der Waals surface area contributed by atoms with Gasteiger partial charge in [0.25, 0.3) is 0 Å². The van der Waals surface area contributed by atoms with Crippen LogP contribution in [0.4, 0.5) is 17.1 Å². The van der Waals surface area contributed by atoms with E-state index in [2.05, 4.69) is 164 Å². The first-order chi connectivity index (χ1) is 23.1. The average molecular weight is 602 g/mol. The van der Waals surface area contributed by atoms with Gasteiger partial charge in [0.2, 0.25) is 0 Å². The molecule has 47 heavy (non-hydrogen) atoms. The number of fused-ring (bicyclic) bond motifs is 11. The van der Waals surface area contributed by atoms with Crippen LogP contribution in [0.1, 0.15) is 25.0 Å². The van der Waals surface area contributed by atoms with Crippen molar-refractivity contribution in [2.24, 2.45) is 0 Å². The molecule has 222 valence electrons. The third kappa shape index (κ3) is 3.67. The topological polar surface area (TPSA) is 16.4 Å². The van der Waals surface area contributed by atoms with Crippen molar-refractivity contribution in [1.82, 2.24) is 0 Å². The zero-order valence-electron chi connectivity index (χ0n) is 26.3. The van der Waals surface area contributed by atoms with E-state index in [1.807, 2.05) is 6.07 Å². The standard InChI is InChI=1S/C45H31NO/c1-45(2)37-18-9-7-17-35(37)44-38(45)19-11-20-39(44)46(30-24-25-42-36(27-30)33-15-8-10-21-41(33)47-42)40-26-29-23-22-28-12-3-4-13-31(28)43(29)34-16-6-5-14-32(34)40/h3-27H,1-2H3. The van der Waals surface area contributed by atoms with Crippen molar-refractivity contribution in [3.8, 4) is 11.1 Å². The molecule has 0 amide bonds. The van der Waals surface area contributed by atoms with Crippen LogP contribution < -0.4 is 4.90 Å². The maximum Gasteiger partial charge on any atom is 0.135 e. The van der Waals surface area contributed by atoms with Gasteiger partial charge < -0.3 is 9.32 Å². The molecule has 10 rings (SSSR count). The van der Waals surface area contributed by atoms with Gasteiger partial charge in [0.1, 0.15) is 11.2 Å². The first-order valence-corrected chi connectivity index (χ1v) is 16.4. The Kier molecular flexibility index (Phi) is 5.37. The summed E-state index contributed by atoms with van der Waals surface area (Å²) >= 11 is 0. The van der Waals surface area contributed by atoms with E-state index in [9.17, 15) is 0 Å². The molecular weight excluding hydrogens is 571 g/mol. The lowest BCUT2D eigenvalue weighted by Crippen LogP contribution is -2.16. The summed E-state index contributed by atoms with van der Waals surface area (Å²) in [6, 6.07) is 55.3. The molecule has 0 spiro atoms. The van der Waals surface area contributed by atoms with E-state index < -0.39 is 0 Å². The van der Waals surface area contributed by atoms with Crippen LogP contribution in [-0.2, 0) is 5.41 Å². The highest BCUT2D eigenvalue weighted by Crippen LogP contribution is 2.55. The predicted molar refractivity (Wildman–Crippen MR) is 198 cm³/mol. The fourth-order valence-electron chi connectivity index (χ4n) is 8.23. The van der Waals surface area contributed by atoms with Gasteiger partial charge in [-0.15, -0.1) is 0 Å². The minimum atomic E-state index is -0.108. The Balaban J connectivity index is 1.34. The summed E-state index contributed by atoms with van der Waals surface area (Å²) in [5.41, 5.74) is 10.5. The second kappa shape index (κ2) is 9.57. The minimum absolute atomic E-state index is 0.108. The van der Waals surface area contributed by atoms with E-state index in [-0.39, 0.29) is 5.41 Å². The van der Waals surface area contributed by atoms with Crippen molar-refractivity contribution in [2.75, 3.05) is 4.90 Å². The molecule has 0 radical (unpaired) electrons. The summed E-state index contributed by atoms with van der Waals surface area (Å²) in [5, 5.41) is 9.78. The van der Waals surface area contributed by atoms with E-state index in [0.717, 1.165) is 33.3 Å². The largest absolute Gasteiger partial charge is 0.456 e. The Morgan fingerprint density at radius 1 is 0.468 bits per heavy atom. The maximum atomic E-state index is 6.30. The number of benzene rings is 8. The molecule has 2 nitrogen and oxygen atoms in total. The quantitative estimate of drug-likeness (QED) is 0.187. The van der Waals surface area contributed by atoms with E-state index in [0.29, 0.717) is 0 Å². The van der Waals surface area contributed by atoms with Crippen LogP contribution in [0.5, 0.6) is 0 Å². The number of anilines is 3. The van der Waals surface area contributed by atoms with Crippen molar-refractivity contribution < 1.29 is 4.42 Å². The Hall–Kier alpha value is -5.86. The first-order valence-electron chi connectivity index (χ1n) is 16.4. The highest BCUT2D eigenvalue weighted by atomic mass is 16.3. The number of hydrogen-bond acceptors (Lipinski definition) is 2. The van der Waals surface area contributed by atoms with Gasteiger partial charge >= 0.3 is 0 Å². The molecule has 0 N–H and O–H groups in total. The molecule has 0 fully saturated rings. The number of hydrogen-bond donors (Lipinski definition) is 0. The summed E-state index contributed by atoms with van der Waals surface area (Å²) in [6.07, 6.45) is 0. The fourth-order valence-corrected chi connectivity index (χ4v) is 8.23. The highest BCUT2D eigenvalue weighted by molar-refractivity contribution is 6.24. The van der Waals surface area contributed by atoms with Crippen molar-refractivity contribution in [3.05, 3.63) is 163 Å². The normalized spacial score (nSPS) is 13.5. The molecule has 0 aliphatic heterocycles. The SMILES string of the molecule is CC1(C)c2ccccc2-c2c(N(c3ccc4oc5ccccc5c4c3)c3cc4ccc5ccccc5c4c4ccccc34)cccc21. The molecular formula is C45H31NO. The number of rotatable bonds is 3. The molecule has 1 aliphatic carbocycles. The third-order valence-corrected chi connectivity index (χ3v) is 10.4. The van der Waals surface area contributed by atoms with Crippen LogP contribution in [0, 0.1) is 0 Å². The Morgan fingerprint density at radius 2 is 1.15 bits per heavy atom. The van der Waals surface area contributed by atoms with E-state index >= 15 is 0 Å². The molecule has 0 saturated carbocycles. The number of furan rings is 1. The van der Waals surface area contributed by atoms with E-state index in [4.69, 9.17) is 4.42 Å². The van der Waals surface area contributed by atoms with Crippen LogP contribution in [-0.4, -0.2) is 0 Å². The molecule has 1 heterocycles.